The van der Waals surface area contributed by atoms with E-state index < -0.39 is 0 Å². The fourth-order valence-corrected chi connectivity index (χ4v) is 3.19. The molecule has 8 heteroatoms. The van der Waals surface area contributed by atoms with E-state index in [0.29, 0.717) is 11.3 Å². The molecule has 25 heavy (non-hydrogen) atoms. The van der Waals surface area contributed by atoms with Gasteiger partial charge in [0.15, 0.2) is 11.6 Å². The Morgan fingerprint density at radius 2 is 1.84 bits per heavy atom. The number of benzene rings is 1. The van der Waals surface area contributed by atoms with Gasteiger partial charge in [-0.15, -0.1) is 0 Å². The predicted molar refractivity (Wildman–Crippen MR) is 90.3 cm³/mol. The first kappa shape index (κ1) is 15.9. The number of hydrogen-bond acceptors (Lipinski definition) is 5. The smallest absolute Gasteiger partial charge is 0.183 e. The van der Waals surface area contributed by atoms with Gasteiger partial charge in [-0.2, -0.15) is 0 Å². The highest BCUT2D eigenvalue weighted by Crippen LogP contribution is 2.17. The summed E-state index contributed by atoms with van der Waals surface area (Å²) in [5.41, 5.74) is 1.60. The van der Waals surface area contributed by atoms with Gasteiger partial charge in [0.2, 0.25) is 0 Å². The fraction of sp³-hybridized carbons (Fsp3) is 0.353. The summed E-state index contributed by atoms with van der Waals surface area (Å²) in [6, 6.07) is 4.66. The van der Waals surface area contributed by atoms with Gasteiger partial charge in [-0.3, -0.25) is 4.90 Å². The highest BCUT2D eigenvalue weighted by Gasteiger charge is 2.20. The van der Waals surface area contributed by atoms with E-state index in [9.17, 15) is 8.78 Å². The maximum Gasteiger partial charge on any atom is 0.183 e. The summed E-state index contributed by atoms with van der Waals surface area (Å²) in [6.45, 7) is 4.77. The number of aromatic nitrogens is 4. The summed E-state index contributed by atoms with van der Waals surface area (Å²) in [4.78, 5) is 16.2. The lowest BCUT2D eigenvalue weighted by molar-refractivity contribution is 0.248. The Balaban J connectivity index is 1.35. The normalized spacial score (nSPS) is 15.8. The minimum Gasteiger partial charge on any atom is -0.352 e. The molecule has 1 saturated heterocycles. The zero-order chi connectivity index (χ0) is 17.2. The summed E-state index contributed by atoms with van der Waals surface area (Å²) < 4.78 is 29.0. The number of piperazine rings is 1. The summed E-state index contributed by atoms with van der Waals surface area (Å²) in [5.74, 6) is -0.281. The standard InChI is InChI=1S/C17H18F2N6/c18-13-1-2-16-15(9-13)22-12-25(16)8-5-23-3-6-24(7-4-23)17-14(19)10-20-11-21-17/h1-2,9-12H,3-8H2. The average molecular weight is 344 g/mol. The van der Waals surface area contributed by atoms with Crippen molar-refractivity contribution in [1.82, 2.24) is 24.4 Å². The highest BCUT2D eigenvalue weighted by molar-refractivity contribution is 5.75. The van der Waals surface area contributed by atoms with Gasteiger partial charge < -0.3 is 9.47 Å². The molecule has 3 heterocycles. The first-order valence-corrected chi connectivity index (χ1v) is 8.24. The molecule has 0 aliphatic carbocycles. The number of imidazole rings is 1. The zero-order valence-corrected chi connectivity index (χ0v) is 13.6. The minimum atomic E-state index is -0.381. The Hall–Kier alpha value is -2.61. The van der Waals surface area contributed by atoms with Gasteiger partial charge in [0.1, 0.15) is 12.1 Å². The van der Waals surface area contributed by atoms with Crippen LogP contribution < -0.4 is 4.90 Å². The quantitative estimate of drug-likeness (QED) is 0.724. The van der Waals surface area contributed by atoms with Gasteiger partial charge in [0.25, 0.3) is 0 Å². The molecular formula is C17H18F2N6. The Morgan fingerprint density at radius 3 is 2.64 bits per heavy atom. The second-order valence-corrected chi connectivity index (χ2v) is 6.09. The van der Waals surface area contributed by atoms with Gasteiger partial charge in [0.05, 0.1) is 23.6 Å². The van der Waals surface area contributed by atoms with Gasteiger partial charge in [-0.05, 0) is 12.1 Å². The van der Waals surface area contributed by atoms with Crippen LogP contribution in [0.2, 0.25) is 0 Å². The van der Waals surface area contributed by atoms with E-state index in [1.165, 1.54) is 24.7 Å². The number of hydrogen-bond donors (Lipinski definition) is 0. The van der Waals surface area contributed by atoms with Crippen molar-refractivity contribution in [3.8, 4) is 0 Å². The van der Waals surface area contributed by atoms with Crippen LogP contribution in [0.1, 0.15) is 0 Å². The van der Waals surface area contributed by atoms with Crippen LogP contribution >= 0.6 is 0 Å². The molecule has 1 aliphatic heterocycles. The molecule has 0 spiro atoms. The molecule has 6 nitrogen and oxygen atoms in total. The topological polar surface area (TPSA) is 50.1 Å². The van der Waals surface area contributed by atoms with E-state index in [1.807, 2.05) is 9.47 Å². The van der Waals surface area contributed by atoms with Crippen molar-refractivity contribution in [2.24, 2.45) is 0 Å². The number of rotatable bonds is 4. The third-order valence-electron chi connectivity index (χ3n) is 4.56. The van der Waals surface area contributed by atoms with Crippen LogP contribution in [0, 0.1) is 11.6 Å². The Kier molecular flexibility index (Phi) is 4.27. The summed E-state index contributed by atoms with van der Waals surface area (Å²) in [6.07, 6.45) is 4.32. The molecule has 0 bridgehead atoms. The van der Waals surface area contributed by atoms with Crippen LogP contribution in [0.5, 0.6) is 0 Å². The maximum atomic E-state index is 13.8. The predicted octanol–water partition coefficient (Wildman–Crippen LogP) is 1.93. The summed E-state index contributed by atoms with van der Waals surface area (Å²) >= 11 is 0. The number of halogens is 2. The van der Waals surface area contributed by atoms with Gasteiger partial charge in [-0.1, -0.05) is 0 Å². The molecule has 0 radical (unpaired) electrons. The molecule has 4 rings (SSSR count). The van der Waals surface area contributed by atoms with Crippen molar-refractivity contribution >= 4 is 16.9 Å². The molecule has 0 amide bonds. The van der Waals surface area contributed by atoms with Crippen LogP contribution in [0.15, 0.2) is 37.1 Å². The summed E-state index contributed by atoms with van der Waals surface area (Å²) in [7, 11) is 0. The van der Waals surface area contributed by atoms with Crippen LogP contribution in [-0.2, 0) is 6.54 Å². The second kappa shape index (κ2) is 6.72. The SMILES string of the molecule is Fc1ccc2c(c1)ncn2CCN1CCN(c2ncncc2F)CC1. The van der Waals surface area contributed by atoms with E-state index >= 15 is 0 Å². The molecule has 1 fully saturated rings. The van der Waals surface area contributed by atoms with Crippen molar-refractivity contribution in [2.45, 2.75) is 6.54 Å². The lowest BCUT2D eigenvalue weighted by Crippen LogP contribution is -2.47. The number of nitrogens with zero attached hydrogens (tertiary/aromatic N) is 6. The molecular weight excluding hydrogens is 326 g/mol. The fourth-order valence-electron chi connectivity index (χ4n) is 3.19. The van der Waals surface area contributed by atoms with Gasteiger partial charge in [-0.25, -0.2) is 23.7 Å². The monoisotopic (exact) mass is 344 g/mol. The molecule has 2 aromatic heterocycles. The average Bonchev–Trinajstić information content (AvgIpc) is 3.03. The molecule has 0 N–H and O–H groups in total. The van der Waals surface area contributed by atoms with Crippen molar-refractivity contribution in [3.63, 3.8) is 0 Å². The highest BCUT2D eigenvalue weighted by atomic mass is 19.1. The molecule has 0 saturated carbocycles. The zero-order valence-electron chi connectivity index (χ0n) is 13.6. The van der Waals surface area contributed by atoms with Crippen molar-refractivity contribution < 1.29 is 8.78 Å². The van der Waals surface area contributed by atoms with Crippen molar-refractivity contribution in [2.75, 3.05) is 37.6 Å². The van der Waals surface area contributed by atoms with Crippen LogP contribution in [0.25, 0.3) is 11.0 Å². The molecule has 0 unspecified atom stereocenters. The number of fused-ring (bicyclic) bond motifs is 1. The number of anilines is 1. The van der Waals surface area contributed by atoms with Crippen LogP contribution in [-0.4, -0.2) is 57.1 Å². The maximum absolute atomic E-state index is 13.8. The van der Waals surface area contributed by atoms with Crippen LogP contribution in [0.4, 0.5) is 14.6 Å². The van der Waals surface area contributed by atoms with E-state index in [4.69, 9.17) is 0 Å². The molecule has 1 aliphatic rings. The van der Waals surface area contributed by atoms with Crippen molar-refractivity contribution in [1.29, 1.82) is 0 Å². The lowest BCUT2D eigenvalue weighted by Gasteiger charge is -2.35. The minimum absolute atomic E-state index is 0.272. The molecule has 3 aromatic rings. The largest absolute Gasteiger partial charge is 0.352 e. The third kappa shape index (κ3) is 3.30. The van der Waals surface area contributed by atoms with E-state index in [1.54, 1.807) is 12.4 Å². The van der Waals surface area contributed by atoms with Crippen LogP contribution in [0.3, 0.4) is 0 Å². The first-order valence-electron chi connectivity index (χ1n) is 8.24. The van der Waals surface area contributed by atoms with Crippen molar-refractivity contribution in [3.05, 3.63) is 48.7 Å². The van der Waals surface area contributed by atoms with Gasteiger partial charge >= 0.3 is 0 Å². The summed E-state index contributed by atoms with van der Waals surface area (Å²) in [5, 5.41) is 0. The second-order valence-electron chi connectivity index (χ2n) is 6.09. The lowest BCUT2D eigenvalue weighted by atomic mass is 10.3. The molecule has 130 valence electrons. The Morgan fingerprint density at radius 1 is 1.00 bits per heavy atom. The van der Waals surface area contributed by atoms with Gasteiger partial charge in [0, 0.05) is 45.3 Å². The molecule has 0 atom stereocenters. The first-order chi connectivity index (χ1) is 12.2. The third-order valence-corrected chi connectivity index (χ3v) is 4.56. The van der Waals surface area contributed by atoms with E-state index in [2.05, 4.69) is 19.9 Å². The Bertz CT molecular complexity index is 872. The Labute approximate surface area is 143 Å². The molecule has 1 aromatic carbocycles. The van der Waals surface area contributed by atoms with E-state index in [-0.39, 0.29) is 11.6 Å². The van der Waals surface area contributed by atoms with E-state index in [0.717, 1.165) is 44.8 Å².